The molecule has 0 saturated carbocycles. The summed E-state index contributed by atoms with van der Waals surface area (Å²) in [5.41, 5.74) is 5.37. The van der Waals surface area contributed by atoms with Crippen LogP contribution in [0.15, 0.2) is 41.6 Å². The summed E-state index contributed by atoms with van der Waals surface area (Å²) < 4.78 is 29.0. The Morgan fingerprint density at radius 1 is 1.44 bits per heavy atom. The van der Waals surface area contributed by atoms with E-state index in [0.29, 0.717) is 10.7 Å². The molecule has 1 amide bonds. The molecule has 0 fully saturated rings. The summed E-state index contributed by atoms with van der Waals surface area (Å²) in [5, 5.41) is 11.3. The molecule has 1 aromatic carbocycles. The molecular formula is C14H11BrFN5O5S. The average Bonchev–Trinajstić information content (AvgIpc) is 3.21. The molecule has 13 heteroatoms. The molecule has 10 nitrogen and oxygen atoms in total. The molecular weight excluding hydrogens is 449 g/mol. The summed E-state index contributed by atoms with van der Waals surface area (Å²) >= 11 is 4.23. The number of benzene rings is 1. The summed E-state index contributed by atoms with van der Waals surface area (Å²) in [5.74, 6) is -1.27. The van der Waals surface area contributed by atoms with E-state index in [4.69, 9.17) is 19.6 Å². The SMILES string of the molecule is CC(COC(N)=O)Sc1nonc1-c1noc(=O)n1-c1ccc(F)c(Br)c1. The second-order valence-corrected chi connectivity index (χ2v) is 7.46. The van der Waals surface area contributed by atoms with Gasteiger partial charge in [-0.05, 0) is 51.4 Å². The van der Waals surface area contributed by atoms with E-state index < -0.39 is 17.7 Å². The number of aromatic nitrogens is 4. The standard InChI is InChI=1S/C14H11BrFN5O5S/c1-6(5-24-13(17)22)27-12-10(18-26-20-12)11-19-25-14(23)21(11)7-2-3-9(16)8(15)4-7/h2-4,6H,5H2,1H3,(H2,17,22). The number of rotatable bonds is 6. The van der Waals surface area contributed by atoms with Crippen LogP contribution in [0.4, 0.5) is 9.18 Å². The average molecular weight is 460 g/mol. The first-order valence-corrected chi connectivity index (χ1v) is 9.00. The third-order valence-electron chi connectivity index (χ3n) is 3.21. The van der Waals surface area contributed by atoms with Gasteiger partial charge in [0.2, 0.25) is 5.82 Å². The van der Waals surface area contributed by atoms with Crippen molar-refractivity contribution in [3.63, 3.8) is 0 Å². The van der Waals surface area contributed by atoms with Crippen LogP contribution in [0, 0.1) is 5.82 Å². The Morgan fingerprint density at radius 2 is 2.22 bits per heavy atom. The summed E-state index contributed by atoms with van der Waals surface area (Å²) in [6.07, 6.45) is -0.895. The molecule has 0 aliphatic carbocycles. The van der Waals surface area contributed by atoms with Crippen molar-refractivity contribution >= 4 is 33.8 Å². The fourth-order valence-corrected chi connectivity index (χ4v) is 3.27. The number of nitrogens with two attached hydrogens (primary N) is 1. The number of halogens is 2. The molecule has 1 unspecified atom stereocenters. The topological polar surface area (TPSA) is 139 Å². The Hall–Kier alpha value is -2.67. The van der Waals surface area contributed by atoms with Crippen LogP contribution in [-0.4, -0.2) is 38.0 Å². The van der Waals surface area contributed by atoms with Gasteiger partial charge in [0, 0.05) is 5.25 Å². The van der Waals surface area contributed by atoms with Crippen molar-refractivity contribution < 1.29 is 23.1 Å². The van der Waals surface area contributed by atoms with E-state index in [1.165, 1.54) is 30.0 Å². The largest absolute Gasteiger partial charge is 0.449 e. The maximum atomic E-state index is 13.5. The number of carbonyl (C=O) groups excluding carboxylic acids is 1. The number of carbonyl (C=O) groups is 1. The van der Waals surface area contributed by atoms with Crippen molar-refractivity contribution in [2.45, 2.75) is 17.2 Å². The van der Waals surface area contributed by atoms with Gasteiger partial charge in [0.1, 0.15) is 12.4 Å². The number of ether oxygens (including phenoxy) is 1. The third-order valence-corrected chi connectivity index (χ3v) is 4.85. The van der Waals surface area contributed by atoms with Crippen LogP contribution in [0.3, 0.4) is 0 Å². The van der Waals surface area contributed by atoms with Crippen molar-refractivity contribution in [3.05, 3.63) is 39.0 Å². The Labute approximate surface area is 162 Å². The normalized spacial score (nSPS) is 12.1. The highest BCUT2D eigenvalue weighted by molar-refractivity contribution is 9.10. The highest BCUT2D eigenvalue weighted by Crippen LogP contribution is 2.31. The first kappa shape index (κ1) is 19.1. The lowest BCUT2D eigenvalue weighted by Gasteiger charge is -2.09. The van der Waals surface area contributed by atoms with Gasteiger partial charge in [-0.15, -0.1) is 0 Å². The molecule has 0 aliphatic heterocycles. The van der Waals surface area contributed by atoms with E-state index in [9.17, 15) is 14.0 Å². The van der Waals surface area contributed by atoms with Crippen molar-refractivity contribution in [1.29, 1.82) is 0 Å². The zero-order valence-corrected chi connectivity index (χ0v) is 16.0. The van der Waals surface area contributed by atoms with Crippen LogP contribution in [-0.2, 0) is 4.74 Å². The smallest absolute Gasteiger partial charge is 0.446 e. The number of hydrogen-bond donors (Lipinski definition) is 1. The van der Waals surface area contributed by atoms with E-state index in [-0.39, 0.29) is 27.8 Å². The highest BCUT2D eigenvalue weighted by atomic mass is 79.9. The van der Waals surface area contributed by atoms with Crippen LogP contribution in [0.25, 0.3) is 17.2 Å². The molecule has 0 aliphatic rings. The van der Waals surface area contributed by atoms with Crippen molar-refractivity contribution in [2.75, 3.05) is 6.61 Å². The van der Waals surface area contributed by atoms with Gasteiger partial charge in [-0.1, -0.05) is 16.9 Å². The second kappa shape index (κ2) is 7.92. The maximum Gasteiger partial charge on any atom is 0.446 e. The Kier molecular flexibility index (Phi) is 5.60. The number of hydrogen-bond acceptors (Lipinski definition) is 9. The van der Waals surface area contributed by atoms with Gasteiger partial charge in [-0.3, -0.25) is 4.52 Å². The molecule has 3 rings (SSSR count). The van der Waals surface area contributed by atoms with Gasteiger partial charge in [0.25, 0.3) is 0 Å². The number of amides is 1. The molecule has 2 heterocycles. The zero-order valence-electron chi connectivity index (χ0n) is 13.6. The fourth-order valence-electron chi connectivity index (χ4n) is 2.07. The maximum absolute atomic E-state index is 13.5. The molecule has 0 saturated heterocycles. The van der Waals surface area contributed by atoms with Gasteiger partial charge in [-0.25, -0.2) is 23.2 Å². The lowest BCUT2D eigenvalue weighted by molar-refractivity contribution is 0.158. The van der Waals surface area contributed by atoms with Gasteiger partial charge >= 0.3 is 11.8 Å². The summed E-state index contributed by atoms with van der Waals surface area (Å²) in [4.78, 5) is 22.8. The van der Waals surface area contributed by atoms with Gasteiger partial charge < -0.3 is 10.5 Å². The number of nitrogens with zero attached hydrogens (tertiary/aromatic N) is 4. The molecule has 0 radical (unpaired) electrons. The third kappa shape index (κ3) is 4.19. The molecule has 2 aromatic heterocycles. The fraction of sp³-hybridized carbons (Fsp3) is 0.214. The Bertz CT molecular complexity index is 1040. The molecule has 1 atom stereocenters. The van der Waals surface area contributed by atoms with Crippen molar-refractivity contribution in [3.8, 4) is 17.2 Å². The van der Waals surface area contributed by atoms with E-state index >= 15 is 0 Å². The van der Waals surface area contributed by atoms with Crippen molar-refractivity contribution in [2.24, 2.45) is 5.73 Å². The minimum Gasteiger partial charge on any atom is -0.449 e. The van der Waals surface area contributed by atoms with Crippen molar-refractivity contribution in [1.82, 2.24) is 20.0 Å². The monoisotopic (exact) mass is 459 g/mol. The van der Waals surface area contributed by atoms with Gasteiger partial charge in [0.05, 0.1) is 10.2 Å². The highest BCUT2D eigenvalue weighted by Gasteiger charge is 2.24. The lowest BCUT2D eigenvalue weighted by atomic mass is 10.3. The van der Waals surface area contributed by atoms with Crippen LogP contribution in [0.2, 0.25) is 0 Å². The predicted molar refractivity (Wildman–Crippen MR) is 93.9 cm³/mol. The van der Waals surface area contributed by atoms with E-state index in [2.05, 4.69) is 31.4 Å². The van der Waals surface area contributed by atoms with E-state index in [1.807, 2.05) is 0 Å². The van der Waals surface area contributed by atoms with Crippen LogP contribution in [0.1, 0.15) is 6.92 Å². The molecule has 27 heavy (non-hydrogen) atoms. The number of thioether (sulfide) groups is 1. The second-order valence-electron chi connectivity index (χ2n) is 5.18. The summed E-state index contributed by atoms with van der Waals surface area (Å²) in [6.45, 7) is 1.79. The Morgan fingerprint density at radius 3 is 2.93 bits per heavy atom. The quantitative estimate of drug-likeness (QED) is 0.549. The lowest BCUT2D eigenvalue weighted by Crippen LogP contribution is -2.18. The minimum absolute atomic E-state index is 0.0188. The molecule has 0 spiro atoms. The van der Waals surface area contributed by atoms with Crippen LogP contribution in [0.5, 0.6) is 0 Å². The Balaban J connectivity index is 1.95. The molecule has 0 bridgehead atoms. The van der Waals surface area contributed by atoms with Gasteiger partial charge in [-0.2, -0.15) is 0 Å². The summed E-state index contributed by atoms with van der Waals surface area (Å²) in [7, 11) is 0. The summed E-state index contributed by atoms with van der Waals surface area (Å²) in [6, 6.07) is 3.95. The minimum atomic E-state index is -0.895. The molecule has 2 N–H and O–H groups in total. The van der Waals surface area contributed by atoms with E-state index in [0.717, 1.165) is 4.57 Å². The van der Waals surface area contributed by atoms with Crippen LogP contribution < -0.4 is 11.5 Å². The zero-order chi connectivity index (χ0) is 19.6. The van der Waals surface area contributed by atoms with Crippen LogP contribution >= 0.6 is 27.7 Å². The first-order chi connectivity index (χ1) is 12.9. The van der Waals surface area contributed by atoms with E-state index in [1.54, 1.807) is 6.92 Å². The number of primary amides is 1. The van der Waals surface area contributed by atoms with Gasteiger partial charge in [0.15, 0.2) is 10.7 Å². The first-order valence-electron chi connectivity index (χ1n) is 7.32. The molecule has 142 valence electrons. The molecule has 3 aromatic rings. The predicted octanol–water partition coefficient (Wildman–Crippen LogP) is 2.35.